The van der Waals surface area contributed by atoms with E-state index in [9.17, 15) is 9.59 Å². The predicted molar refractivity (Wildman–Crippen MR) is 120 cm³/mol. The lowest BCUT2D eigenvalue weighted by atomic mass is 10.1. The van der Waals surface area contributed by atoms with Crippen molar-refractivity contribution in [1.29, 1.82) is 0 Å². The van der Waals surface area contributed by atoms with E-state index in [1.165, 1.54) is 4.90 Å². The topological polar surface area (TPSA) is 49.4 Å². The number of halogens is 3. The summed E-state index contributed by atoms with van der Waals surface area (Å²) in [5, 5.41) is 4.35. The standard InChI is InChI=1S/C22H25Cl3N2O2/c1-3-4-11-26-22(29)15(2)27(14-18-19(24)9-6-10-20(18)25)21(28)13-16-7-5-8-17(23)12-16/h5-10,12,15H,3-4,11,13-14H2,1-2H3,(H,26,29). The summed E-state index contributed by atoms with van der Waals surface area (Å²) in [5.74, 6) is -0.414. The molecule has 1 unspecified atom stereocenters. The Morgan fingerprint density at radius 3 is 2.34 bits per heavy atom. The number of amides is 2. The molecule has 0 radical (unpaired) electrons. The molecule has 1 atom stereocenters. The number of benzene rings is 2. The molecule has 29 heavy (non-hydrogen) atoms. The smallest absolute Gasteiger partial charge is 0.242 e. The largest absolute Gasteiger partial charge is 0.354 e. The minimum Gasteiger partial charge on any atom is -0.354 e. The van der Waals surface area contributed by atoms with E-state index < -0.39 is 6.04 Å². The molecule has 2 amide bonds. The van der Waals surface area contributed by atoms with Crippen molar-refractivity contribution in [3.8, 4) is 0 Å². The summed E-state index contributed by atoms with van der Waals surface area (Å²) in [7, 11) is 0. The molecule has 4 nitrogen and oxygen atoms in total. The molecule has 0 saturated carbocycles. The van der Waals surface area contributed by atoms with Crippen molar-refractivity contribution in [2.24, 2.45) is 0 Å². The van der Waals surface area contributed by atoms with E-state index in [1.54, 1.807) is 43.3 Å². The van der Waals surface area contributed by atoms with Crippen LogP contribution in [0.5, 0.6) is 0 Å². The number of nitrogens with zero attached hydrogens (tertiary/aromatic N) is 1. The van der Waals surface area contributed by atoms with Gasteiger partial charge in [-0.25, -0.2) is 0 Å². The number of carbonyl (C=O) groups is 2. The first-order valence-electron chi connectivity index (χ1n) is 9.58. The van der Waals surface area contributed by atoms with Crippen molar-refractivity contribution in [2.75, 3.05) is 6.54 Å². The summed E-state index contributed by atoms with van der Waals surface area (Å²) < 4.78 is 0. The fourth-order valence-electron chi connectivity index (χ4n) is 2.90. The maximum absolute atomic E-state index is 13.1. The second kappa shape index (κ2) is 11.4. The van der Waals surface area contributed by atoms with Gasteiger partial charge in [0.1, 0.15) is 6.04 Å². The highest BCUT2D eigenvalue weighted by Gasteiger charge is 2.27. The summed E-state index contributed by atoms with van der Waals surface area (Å²) in [6.07, 6.45) is 1.97. The highest BCUT2D eigenvalue weighted by atomic mass is 35.5. The Balaban J connectivity index is 2.26. The molecule has 0 heterocycles. The number of rotatable bonds is 9. The number of unbranched alkanes of at least 4 members (excludes halogenated alkanes) is 1. The van der Waals surface area contributed by atoms with Gasteiger partial charge in [-0.15, -0.1) is 0 Å². The summed E-state index contributed by atoms with van der Waals surface area (Å²) in [6.45, 7) is 4.47. The molecular weight excluding hydrogens is 431 g/mol. The molecule has 7 heteroatoms. The van der Waals surface area contributed by atoms with Crippen molar-refractivity contribution in [3.63, 3.8) is 0 Å². The van der Waals surface area contributed by atoms with Crippen molar-refractivity contribution in [1.82, 2.24) is 10.2 Å². The Morgan fingerprint density at radius 2 is 1.72 bits per heavy atom. The van der Waals surface area contributed by atoms with E-state index in [-0.39, 0.29) is 24.8 Å². The SMILES string of the molecule is CCCCNC(=O)C(C)N(Cc1c(Cl)cccc1Cl)C(=O)Cc1cccc(Cl)c1. The normalized spacial score (nSPS) is 11.8. The monoisotopic (exact) mass is 454 g/mol. The van der Waals surface area contributed by atoms with Crippen LogP contribution in [0.3, 0.4) is 0 Å². The van der Waals surface area contributed by atoms with E-state index in [0.29, 0.717) is 27.2 Å². The molecule has 0 fully saturated rings. The number of nitrogens with one attached hydrogen (secondary N) is 1. The van der Waals surface area contributed by atoms with E-state index in [1.807, 2.05) is 6.07 Å². The van der Waals surface area contributed by atoms with Gasteiger partial charge in [0.05, 0.1) is 6.42 Å². The van der Waals surface area contributed by atoms with Gasteiger partial charge in [0, 0.05) is 33.7 Å². The van der Waals surface area contributed by atoms with Crippen LogP contribution < -0.4 is 5.32 Å². The van der Waals surface area contributed by atoms with Crippen LogP contribution in [0.2, 0.25) is 15.1 Å². The van der Waals surface area contributed by atoms with Gasteiger partial charge in [0.15, 0.2) is 0 Å². The van der Waals surface area contributed by atoms with Crippen LogP contribution in [0.15, 0.2) is 42.5 Å². The quantitative estimate of drug-likeness (QED) is 0.506. The molecule has 0 bridgehead atoms. The summed E-state index contributed by atoms with van der Waals surface area (Å²) in [4.78, 5) is 27.3. The first kappa shape index (κ1) is 23.5. The Morgan fingerprint density at radius 1 is 1.07 bits per heavy atom. The molecule has 0 saturated heterocycles. The molecule has 1 N–H and O–H groups in total. The molecular formula is C22H25Cl3N2O2. The van der Waals surface area contributed by atoms with Crippen LogP contribution in [-0.4, -0.2) is 29.3 Å². The minimum atomic E-state index is -0.675. The zero-order valence-corrected chi connectivity index (χ0v) is 18.8. The lowest BCUT2D eigenvalue weighted by Crippen LogP contribution is -2.48. The second-order valence-electron chi connectivity index (χ2n) is 6.85. The van der Waals surface area contributed by atoms with Gasteiger partial charge < -0.3 is 10.2 Å². The molecule has 156 valence electrons. The highest BCUT2D eigenvalue weighted by Crippen LogP contribution is 2.27. The zero-order chi connectivity index (χ0) is 21.4. The number of hydrogen-bond acceptors (Lipinski definition) is 2. The third kappa shape index (κ3) is 6.91. The summed E-state index contributed by atoms with van der Waals surface area (Å²) in [5.41, 5.74) is 1.39. The molecule has 0 aromatic heterocycles. The molecule has 0 aliphatic heterocycles. The first-order chi connectivity index (χ1) is 13.8. The summed E-state index contributed by atoms with van der Waals surface area (Å²) in [6, 6.07) is 11.6. The molecule has 2 rings (SSSR count). The summed E-state index contributed by atoms with van der Waals surface area (Å²) >= 11 is 18.7. The van der Waals surface area contributed by atoms with Gasteiger partial charge in [-0.05, 0) is 43.2 Å². The Hall–Kier alpha value is -1.75. The van der Waals surface area contributed by atoms with Crippen molar-refractivity contribution in [3.05, 3.63) is 68.7 Å². The second-order valence-corrected chi connectivity index (χ2v) is 8.10. The average molecular weight is 456 g/mol. The predicted octanol–water partition coefficient (Wildman–Crippen LogP) is 5.52. The molecule has 0 aliphatic rings. The Kier molecular flexibility index (Phi) is 9.28. The van der Waals surface area contributed by atoms with Crippen molar-refractivity contribution >= 4 is 46.6 Å². The van der Waals surface area contributed by atoms with Gasteiger partial charge in [-0.3, -0.25) is 9.59 Å². The Bertz CT molecular complexity index is 837. The molecule has 0 spiro atoms. The maximum Gasteiger partial charge on any atom is 0.242 e. The molecule has 2 aromatic carbocycles. The van der Waals surface area contributed by atoms with E-state index >= 15 is 0 Å². The highest BCUT2D eigenvalue weighted by molar-refractivity contribution is 6.36. The minimum absolute atomic E-state index is 0.120. The Labute approximate surface area is 187 Å². The van der Waals surface area contributed by atoms with E-state index in [0.717, 1.165) is 18.4 Å². The average Bonchev–Trinajstić information content (AvgIpc) is 2.67. The fourth-order valence-corrected chi connectivity index (χ4v) is 3.63. The lowest BCUT2D eigenvalue weighted by molar-refractivity contribution is -0.140. The van der Waals surface area contributed by atoms with Crippen molar-refractivity contribution < 1.29 is 9.59 Å². The van der Waals surface area contributed by atoms with Gasteiger partial charge in [0.25, 0.3) is 0 Å². The van der Waals surface area contributed by atoms with Crippen LogP contribution in [-0.2, 0) is 22.6 Å². The third-order valence-electron chi connectivity index (χ3n) is 4.63. The first-order valence-corrected chi connectivity index (χ1v) is 10.7. The zero-order valence-electron chi connectivity index (χ0n) is 16.6. The van der Waals surface area contributed by atoms with Crippen molar-refractivity contribution in [2.45, 2.75) is 45.7 Å². The van der Waals surface area contributed by atoms with Crippen LogP contribution in [0.4, 0.5) is 0 Å². The number of hydrogen-bond donors (Lipinski definition) is 1. The van der Waals surface area contributed by atoms with E-state index in [4.69, 9.17) is 34.8 Å². The van der Waals surface area contributed by atoms with Gasteiger partial charge in [-0.1, -0.05) is 66.3 Å². The van der Waals surface area contributed by atoms with Gasteiger partial charge in [0.2, 0.25) is 11.8 Å². The van der Waals surface area contributed by atoms with Gasteiger partial charge in [-0.2, -0.15) is 0 Å². The van der Waals surface area contributed by atoms with Gasteiger partial charge >= 0.3 is 0 Å². The fraction of sp³-hybridized carbons (Fsp3) is 0.364. The third-order valence-corrected chi connectivity index (χ3v) is 5.57. The van der Waals surface area contributed by atoms with Crippen LogP contribution in [0.1, 0.15) is 37.8 Å². The number of carbonyl (C=O) groups excluding carboxylic acids is 2. The molecule has 0 aliphatic carbocycles. The maximum atomic E-state index is 13.1. The van der Waals surface area contributed by atoms with E-state index in [2.05, 4.69) is 12.2 Å². The van der Waals surface area contributed by atoms with Crippen LogP contribution in [0.25, 0.3) is 0 Å². The van der Waals surface area contributed by atoms with Crippen LogP contribution in [0, 0.1) is 0 Å². The van der Waals surface area contributed by atoms with Crippen LogP contribution >= 0.6 is 34.8 Å². The lowest BCUT2D eigenvalue weighted by Gasteiger charge is -2.29. The molecule has 2 aromatic rings.